The number of aryl methyl sites for hydroxylation is 1. The Balaban J connectivity index is 1.57. The third-order valence-electron chi connectivity index (χ3n) is 3.57. The van der Waals surface area contributed by atoms with Crippen molar-refractivity contribution < 1.29 is 4.79 Å². The lowest BCUT2D eigenvalue weighted by atomic mass is 10.1. The van der Waals surface area contributed by atoms with E-state index in [-0.39, 0.29) is 5.91 Å². The van der Waals surface area contributed by atoms with E-state index in [2.05, 4.69) is 15.4 Å². The van der Waals surface area contributed by atoms with Gasteiger partial charge in [0.15, 0.2) is 0 Å². The molecule has 0 bridgehead atoms. The summed E-state index contributed by atoms with van der Waals surface area (Å²) >= 11 is 0. The second-order valence-corrected chi connectivity index (χ2v) is 5.46. The molecule has 0 atom stereocenters. The van der Waals surface area contributed by atoms with Crippen molar-refractivity contribution in [2.75, 3.05) is 0 Å². The quantitative estimate of drug-likeness (QED) is 0.788. The van der Waals surface area contributed by atoms with Gasteiger partial charge in [-0.1, -0.05) is 42.0 Å². The normalized spacial score (nSPS) is 10.5. The highest BCUT2D eigenvalue weighted by atomic mass is 16.1. The van der Waals surface area contributed by atoms with E-state index in [0.717, 1.165) is 16.7 Å². The smallest absolute Gasteiger partial charge is 0.251 e. The van der Waals surface area contributed by atoms with E-state index in [1.165, 1.54) is 6.33 Å². The summed E-state index contributed by atoms with van der Waals surface area (Å²) in [6, 6.07) is 15.7. The van der Waals surface area contributed by atoms with Gasteiger partial charge in [-0.05, 0) is 30.2 Å². The summed E-state index contributed by atoms with van der Waals surface area (Å²) in [6.45, 7) is 3.18. The van der Waals surface area contributed by atoms with Crippen LogP contribution in [0.1, 0.15) is 27.0 Å². The summed E-state index contributed by atoms with van der Waals surface area (Å²) < 4.78 is 1.77. The van der Waals surface area contributed by atoms with E-state index in [9.17, 15) is 4.79 Å². The van der Waals surface area contributed by atoms with Crippen LogP contribution in [0, 0.1) is 6.92 Å². The Bertz CT molecular complexity index is 779. The number of hydrogen-bond acceptors (Lipinski definition) is 3. The molecule has 1 amide bonds. The molecule has 0 fully saturated rings. The van der Waals surface area contributed by atoms with Crippen LogP contribution in [0.2, 0.25) is 0 Å². The van der Waals surface area contributed by atoms with E-state index in [1.807, 2.05) is 55.5 Å². The van der Waals surface area contributed by atoms with Crippen LogP contribution in [0.5, 0.6) is 0 Å². The van der Waals surface area contributed by atoms with Crippen LogP contribution in [0.4, 0.5) is 0 Å². The third-order valence-corrected chi connectivity index (χ3v) is 3.57. The fourth-order valence-corrected chi connectivity index (χ4v) is 2.33. The van der Waals surface area contributed by atoms with Gasteiger partial charge in [-0.2, -0.15) is 5.10 Å². The van der Waals surface area contributed by atoms with E-state index >= 15 is 0 Å². The average molecular weight is 306 g/mol. The van der Waals surface area contributed by atoms with E-state index in [0.29, 0.717) is 18.7 Å². The van der Waals surface area contributed by atoms with Crippen LogP contribution < -0.4 is 5.32 Å². The van der Waals surface area contributed by atoms with Crippen molar-refractivity contribution in [3.8, 4) is 0 Å². The van der Waals surface area contributed by atoms with Gasteiger partial charge in [0, 0.05) is 12.1 Å². The van der Waals surface area contributed by atoms with Gasteiger partial charge in [-0.25, -0.2) is 9.67 Å². The van der Waals surface area contributed by atoms with E-state index in [1.54, 1.807) is 11.0 Å². The van der Waals surface area contributed by atoms with Crippen molar-refractivity contribution in [3.05, 3.63) is 83.4 Å². The van der Waals surface area contributed by atoms with Crippen molar-refractivity contribution in [1.82, 2.24) is 20.1 Å². The van der Waals surface area contributed by atoms with Crippen LogP contribution in [-0.4, -0.2) is 20.7 Å². The molecule has 5 heteroatoms. The van der Waals surface area contributed by atoms with Crippen molar-refractivity contribution in [2.24, 2.45) is 0 Å². The summed E-state index contributed by atoms with van der Waals surface area (Å²) in [7, 11) is 0. The maximum absolute atomic E-state index is 12.1. The highest BCUT2D eigenvalue weighted by Crippen LogP contribution is 2.07. The monoisotopic (exact) mass is 306 g/mol. The molecule has 3 aromatic rings. The molecule has 3 rings (SSSR count). The minimum atomic E-state index is -0.0552. The Morgan fingerprint density at radius 2 is 1.91 bits per heavy atom. The molecule has 0 spiro atoms. The van der Waals surface area contributed by atoms with Crippen molar-refractivity contribution in [2.45, 2.75) is 20.0 Å². The number of rotatable bonds is 5. The summed E-state index contributed by atoms with van der Waals surface area (Å²) in [6.07, 6.45) is 3.21. The number of benzene rings is 2. The van der Waals surface area contributed by atoms with E-state index in [4.69, 9.17) is 0 Å². The van der Waals surface area contributed by atoms with Crippen LogP contribution >= 0.6 is 0 Å². The Hall–Kier alpha value is -2.95. The van der Waals surface area contributed by atoms with Gasteiger partial charge in [-0.15, -0.1) is 0 Å². The lowest BCUT2D eigenvalue weighted by Crippen LogP contribution is -2.22. The van der Waals surface area contributed by atoms with Gasteiger partial charge in [-0.3, -0.25) is 4.79 Å². The summed E-state index contributed by atoms with van der Waals surface area (Å²) in [5.41, 5.74) is 3.97. The van der Waals surface area contributed by atoms with Crippen molar-refractivity contribution in [3.63, 3.8) is 0 Å². The molecule has 2 aromatic carbocycles. The lowest BCUT2D eigenvalue weighted by molar-refractivity contribution is 0.0951. The van der Waals surface area contributed by atoms with Crippen LogP contribution in [0.15, 0.2) is 61.2 Å². The Labute approximate surface area is 135 Å². The molecule has 0 aliphatic rings. The number of aromatic nitrogens is 3. The van der Waals surface area contributed by atoms with Gasteiger partial charge in [0.05, 0.1) is 6.54 Å². The van der Waals surface area contributed by atoms with E-state index < -0.39 is 0 Å². The van der Waals surface area contributed by atoms with Crippen molar-refractivity contribution in [1.29, 1.82) is 0 Å². The minimum absolute atomic E-state index is 0.0552. The van der Waals surface area contributed by atoms with Gasteiger partial charge >= 0.3 is 0 Å². The number of carbonyl (C=O) groups is 1. The molecule has 0 saturated heterocycles. The fourth-order valence-electron chi connectivity index (χ4n) is 2.33. The maximum atomic E-state index is 12.1. The highest BCUT2D eigenvalue weighted by molar-refractivity contribution is 5.94. The number of hydrogen-bond donors (Lipinski definition) is 1. The second kappa shape index (κ2) is 6.87. The standard InChI is InChI=1S/C18H18N4O/c1-14-3-2-4-17(9-14)18(23)20-10-15-5-7-16(8-6-15)11-22-13-19-12-21-22/h2-9,12-13H,10-11H2,1H3,(H,20,23). The first-order valence-corrected chi connectivity index (χ1v) is 7.46. The summed E-state index contributed by atoms with van der Waals surface area (Å²) in [5, 5.41) is 7.02. The van der Waals surface area contributed by atoms with Gasteiger partial charge < -0.3 is 5.32 Å². The Kier molecular flexibility index (Phi) is 4.47. The first kappa shape index (κ1) is 15.0. The number of carbonyl (C=O) groups excluding carboxylic acids is 1. The molecule has 116 valence electrons. The molecule has 0 radical (unpaired) electrons. The molecular formula is C18H18N4O. The predicted molar refractivity (Wildman–Crippen MR) is 87.9 cm³/mol. The van der Waals surface area contributed by atoms with Gasteiger partial charge in [0.2, 0.25) is 0 Å². The minimum Gasteiger partial charge on any atom is -0.348 e. The zero-order chi connectivity index (χ0) is 16.1. The topological polar surface area (TPSA) is 59.8 Å². The molecule has 0 saturated carbocycles. The van der Waals surface area contributed by atoms with Crippen LogP contribution in [0.25, 0.3) is 0 Å². The molecule has 0 aliphatic heterocycles. The highest BCUT2D eigenvalue weighted by Gasteiger charge is 2.05. The molecule has 1 N–H and O–H groups in total. The molecule has 23 heavy (non-hydrogen) atoms. The fraction of sp³-hybridized carbons (Fsp3) is 0.167. The molecular weight excluding hydrogens is 288 g/mol. The number of amides is 1. The molecule has 1 heterocycles. The van der Waals surface area contributed by atoms with Crippen molar-refractivity contribution >= 4 is 5.91 Å². The first-order chi connectivity index (χ1) is 11.2. The second-order valence-electron chi connectivity index (χ2n) is 5.46. The Morgan fingerprint density at radius 3 is 2.61 bits per heavy atom. The molecule has 5 nitrogen and oxygen atoms in total. The summed E-state index contributed by atoms with van der Waals surface area (Å²) in [4.78, 5) is 16.0. The van der Waals surface area contributed by atoms with Crippen LogP contribution in [0.3, 0.4) is 0 Å². The molecule has 0 aliphatic carbocycles. The maximum Gasteiger partial charge on any atom is 0.251 e. The van der Waals surface area contributed by atoms with Gasteiger partial charge in [0.25, 0.3) is 5.91 Å². The SMILES string of the molecule is Cc1cccc(C(=O)NCc2ccc(Cn3cncn3)cc2)c1. The summed E-state index contributed by atoms with van der Waals surface area (Å²) in [5.74, 6) is -0.0552. The zero-order valence-electron chi connectivity index (χ0n) is 12.9. The first-order valence-electron chi connectivity index (χ1n) is 7.46. The largest absolute Gasteiger partial charge is 0.348 e. The molecule has 1 aromatic heterocycles. The zero-order valence-corrected chi connectivity index (χ0v) is 12.9. The number of nitrogens with one attached hydrogen (secondary N) is 1. The van der Waals surface area contributed by atoms with Crippen LogP contribution in [-0.2, 0) is 13.1 Å². The molecule has 0 unspecified atom stereocenters. The third kappa shape index (κ3) is 4.03. The van der Waals surface area contributed by atoms with Gasteiger partial charge in [0.1, 0.15) is 12.7 Å². The average Bonchev–Trinajstić information content (AvgIpc) is 3.07. The lowest BCUT2D eigenvalue weighted by Gasteiger charge is -2.07. The Morgan fingerprint density at radius 1 is 1.13 bits per heavy atom. The predicted octanol–water partition coefficient (Wildman–Crippen LogP) is 2.56. The number of nitrogens with zero attached hydrogens (tertiary/aromatic N) is 3.